The van der Waals surface area contributed by atoms with Gasteiger partial charge in [-0.15, -0.1) is 0 Å². The second kappa shape index (κ2) is 5.95. The number of hydrogen-bond acceptors (Lipinski definition) is 5. The molecule has 1 fully saturated rings. The maximum Gasteiger partial charge on any atom is 0.127 e. The third-order valence-electron chi connectivity index (χ3n) is 2.58. The summed E-state index contributed by atoms with van der Waals surface area (Å²) in [6, 6.07) is 5.94. The second-order valence-electron chi connectivity index (χ2n) is 3.72. The van der Waals surface area contributed by atoms with Gasteiger partial charge in [-0.05, 0) is 6.07 Å². The molecule has 2 rings (SSSR count). The van der Waals surface area contributed by atoms with Crippen LogP contribution in [0, 0.1) is 0 Å². The molecule has 1 aliphatic rings. The molecule has 0 unspecified atom stereocenters. The van der Waals surface area contributed by atoms with Crippen molar-refractivity contribution in [2.45, 2.75) is 6.54 Å². The fourth-order valence-corrected chi connectivity index (χ4v) is 3.00. The Morgan fingerprint density at radius 1 is 1.35 bits per heavy atom. The summed E-state index contributed by atoms with van der Waals surface area (Å²) in [5, 5.41) is 0. The maximum absolute atomic E-state index is 5.39. The van der Waals surface area contributed by atoms with E-state index in [1.807, 2.05) is 15.5 Å². The lowest BCUT2D eigenvalue weighted by Gasteiger charge is -2.16. The van der Waals surface area contributed by atoms with E-state index in [0.717, 1.165) is 30.6 Å². The lowest BCUT2D eigenvalue weighted by Crippen LogP contribution is -2.21. The van der Waals surface area contributed by atoms with Crippen LogP contribution < -0.4 is 9.47 Å². The molecule has 1 aliphatic heterocycles. The molecule has 1 heterocycles. The van der Waals surface area contributed by atoms with Gasteiger partial charge in [-0.3, -0.25) is 4.90 Å². The first-order chi connectivity index (χ1) is 8.22. The zero-order chi connectivity index (χ0) is 12.3. The van der Waals surface area contributed by atoms with Crippen LogP contribution in [0.5, 0.6) is 11.5 Å². The van der Waals surface area contributed by atoms with Gasteiger partial charge in [0.1, 0.15) is 11.5 Å². The van der Waals surface area contributed by atoms with Crippen LogP contribution in [0.15, 0.2) is 18.2 Å². The highest BCUT2D eigenvalue weighted by atomic mass is 79.9. The molecule has 0 aliphatic carbocycles. The smallest absolute Gasteiger partial charge is 0.127 e. The third-order valence-corrected chi connectivity index (χ3v) is 4.29. The SMILES string of the molecule is COc1ccc(CN2CSN(Br)C2)c(OC)c1. The molecule has 17 heavy (non-hydrogen) atoms. The minimum atomic E-state index is 0.823. The Balaban J connectivity index is 2.09. The van der Waals surface area contributed by atoms with Gasteiger partial charge in [0.2, 0.25) is 0 Å². The quantitative estimate of drug-likeness (QED) is 0.628. The number of methoxy groups -OCH3 is 2. The van der Waals surface area contributed by atoms with Crippen molar-refractivity contribution in [2.75, 3.05) is 26.8 Å². The molecule has 1 saturated heterocycles. The number of hydrogen-bond donors (Lipinski definition) is 0. The van der Waals surface area contributed by atoms with E-state index in [-0.39, 0.29) is 0 Å². The first-order valence-corrected chi connectivity index (χ1v) is 6.87. The van der Waals surface area contributed by atoms with Crippen molar-refractivity contribution in [3.05, 3.63) is 23.8 Å². The van der Waals surface area contributed by atoms with E-state index in [0.29, 0.717) is 0 Å². The number of benzene rings is 1. The summed E-state index contributed by atoms with van der Waals surface area (Å²) >= 11 is 5.21. The zero-order valence-corrected chi connectivity index (χ0v) is 12.3. The fraction of sp³-hybridized carbons (Fsp3) is 0.455. The highest BCUT2D eigenvalue weighted by Crippen LogP contribution is 2.30. The first kappa shape index (κ1) is 13.0. The van der Waals surface area contributed by atoms with Gasteiger partial charge in [0.15, 0.2) is 0 Å². The lowest BCUT2D eigenvalue weighted by molar-refractivity contribution is 0.298. The van der Waals surface area contributed by atoms with Gasteiger partial charge in [0, 0.05) is 34.3 Å². The van der Waals surface area contributed by atoms with Crippen molar-refractivity contribution >= 4 is 28.1 Å². The van der Waals surface area contributed by atoms with Crippen molar-refractivity contribution in [1.82, 2.24) is 8.23 Å². The Morgan fingerprint density at radius 2 is 2.18 bits per heavy atom. The van der Waals surface area contributed by atoms with Gasteiger partial charge in [0.25, 0.3) is 0 Å². The molecule has 0 radical (unpaired) electrons. The van der Waals surface area contributed by atoms with Gasteiger partial charge in [-0.1, -0.05) is 18.0 Å². The minimum absolute atomic E-state index is 0.823. The zero-order valence-electron chi connectivity index (χ0n) is 9.85. The molecule has 0 atom stereocenters. The molecule has 0 amide bonds. The Labute approximate surface area is 114 Å². The average molecular weight is 319 g/mol. The van der Waals surface area contributed by atoms with Gasteiger partial charge in [-0.25, -0.2) is 0 Å². The molecule has 1 aromatic rings. The van der Waals surface area contributed by atoms with Gasteiger partial charge < -0.3 is 9.47 Å². The molecule has 1 aromatic carbocycles. The molecule has 6 heteroatoms. The van der Waals surface area contributed by atoms with Gasteiger partial charge in [0.05, 0.1) is 26.8 Å². The van der Waals surface area contributed by atoms with E-state index in [9.17, 15) is 0 Å². The number of nitrogens with zero attached hydrogens (tertiary/aromatic N) is 2. The summed E-state index contributed by atoms with van der Waals surface area (Å²) in [6.07, 6.45) is 0. The third kappa shape index (κ3) is 3.28. The van der Waals surface area contributed by atoms with E-state index < -0.39 is 0 Å². The van der Waals surface area contributed by atoms with E-state index in [2.05, 4.69) is 27.1 Å². The highest BCUT2D eigenvalue weighted by molar-refractivity contribution is 9.09. The van der Waals surface area contributed by atoms with Crippen LogP contribution in [-0.2, 0) is 6.54 Å². The van der Waals surface area contributed by atoms with Crippen LogP contribution in [0.2, 0.25) is 0 Å². The van der Waals surface area contributed by atoms with Crippen molar-refractivity contribution in [3.63, 3.8) is 0 Å². The van der Waals surface area contributed by atoms with E-state index in [1.165, 1.54) is 5.56 Å². The van der Waals surface area contributed by atoms with Crippen molar-refractivity contribution in [1.29, 1.82) is 0 Å². The molecule has 0 aromatic heterocycles. The largest absolute Gasteiger partial charge is 0.497 e. The average Bonchev–Trinajstić information content (AvgIpc) is 2.75. The van der Waals surface area contributed by atoms with Crippen molar-refractivity contribution in [3.8, 4) is 11.5 Å². The highest BCUT2D eigenvalue weighted by Gasteiger charge is 2.20. The minimum Gasteiger partial charge on any atom is -0.497 e. The molecule has 94 valence electrons. The van der Waals surface area contributed by atoms with Gasteiger partial charge >= 0.3 is 0 Å². The van der Waals surface area contributed by atoms with Crippen molar-refractivity contribution < 1.29 is 9.47 Å². The summed E-state index contributed by atoms with van der Waals surface area (Å²) in [5.74, 6) is 2.69. The summed E-state index contributed by atoms with van der Waals surface area (Å²) in [5.41, 5.74) is 1.18. The molecule has 0 bridgehead atoms. The molecule has 4 nitrogen and oxygen atoms in total. The molecular weight excluding hydrogens is 304 g/mol. The summed E-state index contributed by atoms with van der Waals surface area (Å²) < 4.78 is 12.6. The molecular formula is C11H15BrN2O2S. The normalized spacial score (nSPS) is 17.4. The number of ether oxygens (including phenoxy) is 2. The monoisotopic (exact) mass is 318 g/mol. The summed E-state index contributed by atoms with van der Waals surface area (Å²) in [6.45, 7) is 1.78. The maximum atomic E-state index is 5.39. The number of halogens is 1. The van der Waals surface area contributed by atoms with Crippen LogP contribution in [0.4, 0.5) is 0 Å². The second-order valence-corrected chi connectivity index (χ2v) is 6.01. The Bertz CT molecular complexity index is 392. The standard InChI is InChI=1S/C11H15BrN2O2S/c1-15-10-4-3-9(11(5-10)16-2)6-13-7-14(12)17-8-13/h3-5H,6-8H2,1-2H3. The van der Waals surface area contributed by atoms with Crippen LogP contribution in [0.25, 0.3) is 0 Å². The molecule has 0 spiro atoms. The van der Waals surface area contributed by atoms with E-state index >= 15 is 0 Å². The van der Waals surface area contributed by atoms with Crippen LogP contribution in [-0.4, -0.2) is 35.0 Å². The lowest BCUT2D eigenvalue weighted by atomic mass is 10.2. The first-order valence-electron chi connectivity index (χ1n) is 5.22. The molecule has 0 saturated carbocycles. The summed E-state index contributed by atoms with van der Waals surface area (Å²) in [4.78, 5) is 2.32. The molecule has 0 N–H and O–H groups in total. The predicted molar refractivity (Wildman–Crippen MR) is 73.2 cm³/mol. The van der Waals surface area contributed by atoms with Gasteiger partial charge in [-0.2, -0.15) is 3.33 Å². The van der Waals surface area contributed by atoms with Crippen LogP contribution in [0.1, 0.15) is 5.56 Å². The van der Waals surface area contributed by atoms with E-state index in [4.69, 9.17) is 9.47 Å². The van der Waals surface area contributed by atoms with Crippen molar-refractivity contribution in [2.24, 2.45) is 0 Å². The van der Waals surface area contributed by atoms with Crippen LogP contribution in [0.3, 0.4) is 0 Å². The Kier molecular flexibility index (Phi) is 4.55. The topological polar surface area (TPSA) is 24.9 Å². The fourth-order valence-electron chi connectivity index (χ4n) is 1.70. The Hall–Kier alpha value is -0.430. The number of rotatable bonds is 4. The Morgan fingerprint density at radius 3 is 2.76 bits per heavy atom. The van der Waals surface area contributed by atoms with E-state index in [1.54, 1.807) is 26.2 Å². The van der Waals surface area contributed by atoms with Crippen LogP contribution >= 0.6 is 28.1 Å². The summed E-state index contributed by atoms with van der Waals surface area (Å²) in [7, 11) is 3.35. The predicted octanol–water partition coefficient (Wildman–Crippen LogP) is 2.69.